The summed E-state index contributed by atoms with van der Waals surface area (Å²) in [5.41, 5.74) is 11.5. The number of nitrogen functional groups attached to an aromatic ring is 1. The maximum atomic E-state index is 11.9. The standard InChI is InChI=1S/C43H69N3O2S/c1-31(2)34-17-21-43(19-9-8-10-25-45-27-29-49(47,48)30-28-45)23-22-41(6)35(38(34)43)15-16-37-40(5)24-26-46(33-13-11-32(44)12-14-33)39(3,4)36(40)18-20-42(37,41)7/h11-14,34-38H,1,8-10,15-30,44H2,2-7H3/t34-,35+,36-,37+,38+,40-,41+,42+,43+/m0/s1. The summed E-state index contributed by atoms with van der Waals surface area (Å²) in [6, 6.07) is 8.65. The lowest BCUT2D eigenvalue weighted by Gasteiger charge is -2.73. The summed E-state index contributed by atoms with van der Waals surface area (Å²) in [6.45, 7) is 24.1. The third kappa shape index (κ3) is 5.75. The Bertz CT molecular complexity index is 1490. The monoisotopic (exact) mass is 692 g/mol. The molecule has 2 N–H and O–H groups in total. The third-order valence-electron chi connectivity index (χ3n) is 17.2. The van der Waals surface area contributed by atoms with Gasteiger partial charge in [0.1, 0.15) is 0 Å². The fourth-order valence-corrected chi connectivity index (χ4v) is 15.8. The van der Waals surface area contributed by atoms with E-state index < -0.39 is 9.84 Å². The molecular weight excluding hydrogens is 623 g/mol. The molecule has 0 aromatic heterocycles. The number of benzene rings is 1. The van der Waals surface area contributed by atoms with Gasteiger partial charge in [-0.25, -0.2) is 8.42 Å². The summed E-state index contributed by atoms with van der Waals surface area (Å²) in [6.07, 6.45) is 17.6. The van der Waals surface area contributed by atoms with Crippen LogP contribution in [0.25, 0.3) is 0 Å². The van der Waals surface area contributed by atoms with E-state index in [-0.39, 0.29) is 5.54 Å². The van der Waals surface area contributed by atoms with E-state index in [1.165, 1.54) is 94.7 Å². The van der Waals surface area contributed by atoms with Crippen molar-refractivity contribution in [2.24, 2.45) is 51.2 Å². The minimum Gasteiger partial charge on any atom is -0.399 e. The molecule has 0 amide bonds. The van der Waals surface area contributed by atoms with Gasteiger partial charge in [-0.05, 0) is 173 Å². The van der Waals surface area contributed by atoms with Gasteiger partial charge >= 0.3 is 0 Å². The normalized spacial score (nSPS) is 42.8. The highest BCUT2D eigenvalue weighted by atomic mass is 32.2. The molecule has 9 atom stereocenters. The summed E-state index contributed by atoms with van der Waals surface area (Å²) < 4.78 is 23.8. The van der Waals surface area contributed by atoms with E-state index in [4.69, 9.17) is 5.73 Å². The number of anilines is 2. The summed E-state index contributed by atoms with van der Waals surface area (Å²) in [4.78, 5) is 5.11. The first-order chi connectivity index (χ1) is 23.1. The Hall–Kier alpha value is -1.53. The molecule has 6 heteroatoms. The molecule has 2 saturated heterocycles. The average molecular weight is 692 g/mol. The predicted molar refractivity (Wildman–Crippen MR) is 206 cm³/mol. The quantitative estimate of drug-likeness (QED) is 0.167. The number of nitrogens with two attached hydrogens (primary N) is 1. The largest absolute Gasteiger partial charge is 0.399 e. The van der Waals surface area contributed by atoms with Crippen LogP contribution in [0.1, 0.15) is 125 Å². The van der Waals surface area contributed by atoms with Gasteiger partial charge in [0.25, 0.3) is 0 Å². The minimum atomic E-state index is -2.80. The van der Waals surface area contributed by atoms with E-state index in [0.29, 0.717) is 45.0 Å². The van der Waals surface area contributed by atoms with Crippen molar-refractivity contribution in [2.45, 2.75) is 131 Å². The number of fused-ring (bicyclic) bond motifs is 7. The van der Waals surface area contributed by atoms with Crippen LogP contribution in [0.4, 0.5) is 11.4 Å². The molecule has 1 aromatic rings. The first-order valence-corrected chi connectivity index (χ1v) is 22.1. The molecule has 274 valence electrons. The number of piperidine rings is 1. The van der Waals surface area contributed by atoms with Gasteiger partial charge in [0.2, 0.25) is 0 Å². The summed E-state index contributed by atoms with van der Waals surface area (Å²) >= 11 is 0. The molecule has 6 fully saturated rings. The first-order valence-electron chi connectivity index (χ1n) is 20.3. The smallest absolute Gasteiger partial charge is 0.152 e. The SMILES string of the molecule is C=C(C)[C@@H]1CC[C@]2(CCCCCN3CCS(=O)(=O)CC3)CC[C@]3(C)[C@H](CC[C@@H]4[C@@]5(C)CCN(c6ccc(N)cc6)C(C)(C)[C@@H]5CC[C@]43C)[C@@H]12. The van der Waals surface area contributed by atoms with Crippen LogP contribution in [0.5, 0.6) is 0 Å². The van der Waals surface area contributed by atoms with Gasteiger partial charge in [-0.15, -0.1) is 0 Å². The van der Waals surface area contributed by atoms with Gasteiger partial charge in [-0.2, -0.15) is 0 Å². The zero-order valence-corrected chi connectivity index (χ0v) is 32.9. The van der Waals surface area contributed by atoms with Crippen LogP contribution in [0, 0.1) is 51.2 Å². The topological polar surface area (TPSA) is 66.6 Å². The molecule has 1 aromatic carbocycles. The summed E-state index contributed by atoms with van der Waals surface area (Å²) in [5.74, 6) is 4.47. The van der Waals surface area contributed by atoms with Crippen LogP contribution in [-0.4, -0.2) is 56.5 Å². The number of nitrogens with zero attached hydrogens (tertiary/aromatic N) is 2. The number of unbranched alkanes of at least 4 members (excludes halogenated alkanes) is 2. The maximum absolute atomic E-state index is 11.9. The Morgan fingerprint density at radius 2 is 1.53 bits per heavy atom. The number of sulfone groups is 1. The fraction of sp³-hybridized carbons (Fsp3) is 0.814. The third-order valence-corrected chi connectivity index (χ3v) is 18.8. The zero-order valence-electron chi connectivity index (χ0n) is 32.0. The number of hydrogen-bond donors (Lipinski definition) is 1. The molecule has 49 heavy (non-hydrogen) atoms. The first kappa shape index (κ1) is 35.9. The Balaban J connectivity index is 1.08. The van der Waals surface area contributed by atoms with Gasteiger partial charge in [-0.3, -0.25) is 0 Å². The van der Waals surface area contributed by atoms with Crippen molar-refractivity contribution in [2.75, 3.05) is 48.3 Å². The Morgan fingerprint density at radius 1 is 0.816 bits per heavy atom. The van der Waals surface area contributed by atoms with Crippen molar-refractivity contribution >= 4 is 21.2 Å². The van der Waals surface area contributed by atoms with E-state index in [9.17, 15) is 8.42 Å². The molecule has 2 heterocycles. The predicted octanol–water partition coefficient (Wildman–Crippen LogP) is 9.39. The summed E-state index contributed by atoms with van der Waals surface area (Å²) in [7, 11) is -2.80. The molecule has 0 radical (unpaired) electrons. The second-order valence-electron chi connectivity index (χ2n) is 19.5. The zero-order chi connectivity index (χ0) is 35.0. The van der Waals surface area contributed by atoms with E-state index in [1.807, 2.05) is 0 Å². The average Bonchev–Trinajstić information content (AvgIpc) is 3.42. The fourth-order valence-electron chi connectivity index (χ4n) is 14.5. The van der Waals surface area contributed by atoms with E-state index in [2.05, 4.69) is 82.2 Å². The molecule has 0 bridgehead atoms. The maximum Gasteiger partial charge on any atom is 0.152 e. The van der Waals surface area contributed by atoms with Crippen LogP contribution in [0.15, 0.2) is 36.4 Å². The van der Waals surface area contributed by atoms with Gasteiger partial charge < -0.3 is 15.5 Å². The van der Waals surface area contributed by atoms with Crippen molar-refractivity contribution in [3.8, 4) is 0 Å². The second kappa shape index (κ2) is 12.6. The Kier molecular flexibility index (Phi) is 9.19. The molecule has 7 rings (SSSR count). The van der Waals surface area contributed by atoms with Gasteiger partial charge in [0, 0.05) is 36.5 Å². The van der Waals surface area contributed by atoms with Gasteiger partial charge in [0.15, 0.2) is 9.84 Å². The molecule has 6 aliphatic rings. The van der Waals surface area contributed by atoms with E-state index in [1.54, 1.807) is 0 Å². The lowest BCUT2D eigenvalue weighted by molar-refractivity contribution is -0.228. The highest BCUT2D eigenvalue weighted by Gasteiger charge is 2.70. The van der Waals surface area contributed by atoms with Gasteiger partial charge in [0.05, 0.1) is 11.5 Å². The molecule has 5 nitrogen and oxygen atoms in total. The van der Waals surface area contributed by atoms with E-state index >= 15 is 0 Å². The number of allylic oxidation sites excluding steroid dienone is 1. The highest BCUT2D eigenvalue weighted by Crippen LogP contribution is 2.77. The van der Waals surface area contributed by atoms with E-state index in [0.717, 1.165) is 49.6 Å². The van der Waals surface area contributed by atoms with Crippen LogP contribution in [0.3, 0.4) is 0 Å². The lowest BCUT2D eigenvalue weighted by atomic mass is 9.33. The number of rotatable bonds is 8. The van der Waals surface area contributed by atoms with Crippen molar-refractivity contribution in [1.29, 1.82) is 0 Å². The molecule has 4 saturated carbocycles. The highest BCUT2D eigenvalue weighted by molar-refractivity contribution is 7.91. The van der Waals surface area contributed by atoms with Crippen molar-refractivity contribution < 1.29 is 8.42 Å². The minimum absolute atomic E-state index is 0.117. The Morgan fingerprint density at radius 3 is 2.22 bits per heavy atom. The Labute approximate surface area is 300 Å². The van der Waals surface area contributed by atoms with Crippen LogP contribution in [-0.2, 0) is 9.84 Å². The van der Waals surface area contributed by atoms with Crippen LogP contribution < -0.4 is 10.6 Å². The van der Waals surface area contributed by atoms with Crippen molar-refractivity contribution in [3.05, 3.63) is 36.4 Å². The molecular formula is C43H69N3O2S. The molecule has 0 unspecified atom stereocenters. The van der Waals surface area contributed by atoms with Crippen molar-refractivity contribution in [3.63, 3.8) is 0 Å². The van der Waals surface area contributed by atoms with Crippen LogP contribution in [0.2, 0.25) is 0 Å². The lowest BCUT2D eigenvalue weighted by Crippen LogP contribution is -2.69. The van der Waals surface area contributed by atoms with Crippen LogP contribution >= 0.6 is 0 Å². The van der Waals surface area contributed by atoms with Crippen molar-refractivity contribution in [1.82, 2.24) is 4.90 Å². The molecule has 4 aliphatic carbocycles. The second-order valence-corrected chi connectivity index (χ2v) is 21.8. The number of hydrogen-bond acceptors (Lipinski definition) is 5. The molecule has 2 aliphatic heterocycles. The summed E-state index contributed by atoms with van der Waals surface area (Å²) in [5, 5.41) is 0. The molecule has 0 spiro atoms. The van der Waals surface area contributed by atoms with Gasteiger partial charge in [-0.1, -0.05) is 45.8 Å².